The minimum absolute atomic E-state index is 0. The van der Waals surface area contributed by atoms with E-state index in [4.69, 9.17) is 11.6 Å². The summed E-state index contributed by atoms with van der Waals surface area (Å²) in [6, 6.07) is 13.5. The zero-order valence-corrected chi connectivity index (χ0v) is 13.1. The molecule has 0 heterocycles. The van der Waals surface area contributed by atoms with Crippen LogP contribution in [0.15, 0.2) is 42.5 Å². The average molecular weight is 285 g/mol. The number of rotatable bonds is 3. The van der Waals surface area contributed by atoms with Crippen molar-refractivity contribution >= 4 is 31.0 Å². The van der Waals surface area contributed by atoms with Crippen LogP contribution in [0.25, 0.3) is 0 Å². The van der Waals surface area contributed by atoms with Crippen LogP contribution in [0.1, 0.15) is 22.9 Å². The van der Waals surface area contributed by atoms with E-state index in [1.807, 2.05) is 50.2 Å². The average Bonchev–Trinajstić information content (AvgIpc) is 2.32. The molecule has 0 saturated carbocycles. The quantitative estimate of drug-likeness (QED) is 0.612. The number of hydrogen-bond acceptors (Lipinski definition) is 1. The van der Waals surface area contributed by atoms with Gasteiger partial charge in [0.15, 0.2) is 5.52 Å². The second kappa shape index (κ2) is 7.27. The number of benzene rings is 2. The number of aryl methyl sites for hydroxylation is 2. The van der Waals surface area contributed by atoms with Crippen molar-refractivity contribution in [3.05, 3.63) is 64.2 Å². The van der Waals surface area contributed by atoms with E-state index in [1.165, 1.54) is 0 Å². The Morgan fingerprint density at radius 2 is 1.68 bits per heavy atom. The van der Waals surface area contributed by atoms with Crippen molar-refractivity contribution in [2.24, 2.45) is 0 Å². The smallest absolute Gasteiger partial charge is 1.00 e. The van der Waals surface area contributed by atoms with Crippen molar-refractivity contribution in [1.29, 1.82) is 0 Å². The Bertz CT molecular complexity index is 584. The summed E-state index contributed by atoms with van der Waals surface area (Å²) in [6.07, 6.45) is 0. The van der Waals surface area contributed by atoms with Crippen molar-refractivity contribution in [2.45, 2.75) is 13.8 Å². The van der Waals surface area contributed by atoms with Gasteiger partial charge in [0.1, 0.15) is 0 Å². The molecule has 4 heteroatoms. The van der Waals surface area contributed by atoms with Crippen LogP contribution in [0.2, 0.25) is 5.02 Å². The van der Waals surface area contributed by atoms with Crippen molar-refractivity contribution < 1.29 is 25.1 Å². The SMILES string of the molecule is Cc1ccccc1PC(=O)c1c(C)cccc1Cl.[H-].[Li+]. The van der Waals surface area contributed by atoms with Crippen LogP contribution in [-0.4, -0.2) is 5.52 Å². The summed E-state index contributed by atoms with van der Waals surface area (Å²) in [5.74, 6) is 0. The molecular weight excluding hydrogens is 270 g/mol. The third kappa shape index (κ3) is 3.94. The van der Waals surface area contributed by atoms with Crippen LogP contribution < -0.4 is 24.2 Å². The Morgan fingerprint density at radius 1 is 1.05 bits per heavy atom. The van der Waals surface area contributed by atoms with Crippen molar-refractivity contribution in [2.75, 3.05) is 0 Å². The summed E-state index contributed by atoms with van der Waals surface area (Å²) in [6.45, 7) is 3.94. The molecular formula is C15H15ClLiOP. The van der Waals surface area contributed by atoms with E-state index in [0.29, 0.717) is 10.6 Å². The van der Waals surface area contributed by atoms with E-state index < -0.39 is 0 Å². The molecule has 2 aromatic rings. The van der Waals surface area contributed by atoms with E-state index >= 15 is 0 Å². The number of halogens is 1. The fraction of sp³-hybridized carbons (Fsp3) is 0.133. The summed E-state index contributed by atoms with van der Waals surface area (Å²) in [5.41, 5.74) is 2.84. The van der Waals surface area contributed by atoms with E-state index in [0.717, 1.165) is 16.4 Å². The van der Waals surface area contributed by atoms with E-state index in [1.54, 1.807) is 6.07 Å². The Kier molecular flexibility index (Phi) is 6.31. The maximum Gasteiger partial charge on any atom is 1.00 e. The van der Waals surface area contributed by atoms with Crippen LogP contribution in [0, 0.1) is 13.8 Å². The predicted octanol–water partition coefficient (Wildman–Crippen LogP) is 1.22. The maximum absolute atomic E-state index is 12.3. The third-order valence-corrected chi connectivity index (χ3v) is 4.46. The van der Waals surface area contributed by atoms with E-state index in [2.05, 4.69) is 0 Å². The van der Waals surface area contributed by atoms with Crippen LogP contribution in [0.3, 0.4) is 0 Å². The molecule has 19 heavy (non-hydrogen) atoms. The molecule has 0 N–H and O–H groups in total. The molecule has 0 aromatic heterocycles. The fourth-order valence-corrected chi connectivity index (χ4v) is 3.37. The van der Waals surface area contributed by atoms with Crippen molar-refractivity contribution in [3.63, 3.8) is 0 Å². The molecule has 0 spiro atoms. The molecule has 2 rings (SSSR count). The standard InChI is InChI=1S/C15H14ClOP.Li.H/c1-10-6-3-4-9-13(10)18-15(17)14-11(2)7-5-8-12(14)16;;/h3-9,18H,1-2H3;;/q;+1;-1. The van der Waals surface area contributed by atoms with Gasteiger partial charge in [0.2, 0.25) is 0 Å². The fourth-order valence-electron chi connectivity index (χ4n) is 1.82. The molecule has 0 amide bonds. The molecule has 94 valence electrons. The van der Waals surface area contributed by atoms with Crippen LogP contribution in [0.5, 0.6) is 0 Å². The van der Waals surface area contributed by atoms with Gasteiger partial charge in [-0.2, -0.15) is 0 Å². The first kappa shape index (κ1) is 16.5. The van der Waals surface area contributed by atoms with Crippen molar-refractivity contribution in [1.82, 2.24) is 0 Å². The monoisotopic (exact) mass is 284 g/mol. The summed E-state index contributed by atoms with van der Waals surface area (Å²) < 4.78 is 0. The minimum atomic E-state index is 0. The first-order valence-corrected chi connectivity index (χ1v) is 7.09. The van der Waals surface area contributed by atoms with Crippen LogP contribution in [-0.2, 0) is 0 Å². The molecule has 0 aliphatic heterocycles. The molecule has 0 fully saturated rings. The molecule has 0 saturated heterocycles. The Balaban J connectivity index is 0.00000180. The summed E-state index contributed by atoms with van der Waals surface area (Å²) >= 11 is 6.11. The second-order valence-electron chi connectivity index (χ2n) is 4.20. The van der Waals surface area contributed by atoms with E-state index in [-0.39, 0.29) is 34.4 Å². The minimum Gasteiger partial charge on any atom is -1.00 e. The molecule has 1 unspecified atom stereocenters. The Morgan fingerprint density at radius 3 is 2.32 bits per heavy atom. The van der Waals surface area contributed by atoms with Gasteiger partial charge in [-0.15, -0.1) is 0 Å². The second-order valence-corrected chi connectivity index (χ2v) is 5.85. The number of hydrogen-bond donors (Lipinski definition) is 0. The molecule has 0 aliphatic rings. The van der Waals surface area contributed by atoms with Gasteiger partial charge in [0.05, 0.1) is 5.02 Å². The van der Waals surface area contributed by atoms with Gasteiger partial charge in [0.25, 0.3) is 0 Å². The van der Waals surface area contributed by atoms with Gasteiger partial charge >= 0.3 is 18.9 Å². The number of carbonyl (C=O) groups is 1. The van der Waals surface area contributed by atoms with Gasteiger partial charge in [-0.3, -0.25) is 4.79 Å². The summed E-state index contributed by atoms with van der Waals surface area (Å²) in [4.78, 5) is 12.3. The molecule has 2 aromatic carbocycles. The molecule has 0 aliphatic carbocycles. The zero-order valence-electron chi connectivity index (χ0n) is 12.3. The van der Waals surface area contributed by atoms with Gasteiger partial charge < -0.3 is 1.43 Å². The predicted molar refractivity (Wildman–Crippen MR) is 80.8 cm³/mol. The van der Waals surface area contributed by atoms with Crippen LogP contribution in [0.4, 0.5) is 0 Å². The first-order valence-electron chi connectivity index (χ1n) is 5.71. The molecule has 0 bridgehead atoms. The Hall–Kier alpha value is -0.573. The molecule has 0 radical (unpaired) electrons. The normalized spacial score (nSPS) is 10.5. The molecule has 1 atom stereocenters. The first-order chi connectivity index (χ1) is 8.59. The van der Waals surface area contributed by atoms with Gasteiger partial charge in [-0.05, 0) is 44.9 Å². The van der Waals surface area contributed by atoms with Crippen LogP contribution >= 0.6 is 20.2 Å². The maximum atomic E-state index is 12.3. The third-order valence-electron chi connectivity index (χ3n) is 2.84. The van der Waals surface area contributed by atoms with Crippen molar-refractivity contribution in [3.8, 4) is 0 Å². The topological polar surface area (TPSA) is 17.1 Å². The van der Waals surface area contributed by atoms with E-state index in [9.17, 15) is 4.79 Å². The molecule has 1 nitrogen and oxygen atoms in total. The van der Waals surface area contributed by atoms with Gasteiger partial charge in [-0.25, -0.2) is 0 Å². The largest absolute Gasteiger partial charge is 1.00 e. The summed E-state index contributed by atoms with van der Waals surface area (Å²) in [5, 5.41) is 1.63. The summed E-state index contributed by atoms with van der Waals surface area (Å²) in [7, 11) is 0.124. The Labute approximate surface area is 134 Å². The van der Waals surface area contributed by atoms with Gasteiger partial charge in [0, 0.05) is 5.56 Å². The number of carbonyl (C=O) groups excluding carboxylic acids is 1. The zero-order chi connectivity index (χ0) is 13.1. The van der Waals surface area contributed by atoms with Gasteiger partial charge in [-0.1, -0.05) is 48.0 Å².